The van der Waals surface area contributed by atoms with Crippen molar-refractivity contribution >= 4 is 23.3 Å². The first-order valence-corrected chi connectivity index (χ1v) is 9.93. The molecule has 26 heavy (non-hydrogen) atoms. The predicted molar refractivity (Wildman–Crippen MR) is 105 cm³/mol. The normalized spacial score (nSPS) is 15.2. The van der Waals surface area contributed by atoms with E-state index in [-0.39, 0.29) is 11.9 Å². The summed E-state index contributed by atoms with van der Waals surface area (Å²) in [5.74, 6) is 0.830. The minimum atomic E-state index is 0.0220. The highest BCUT2D eigenvalue weighted by Gasteiger charge is 2.16. The van der Waals surface area contributed by atoms with Crippen LogP contribution in [0.25, 0.3) is 5.65 Å². The van der Waals surface area contributed by atoms with Crippen molar-refractivity contribution in [3.05, 3.63) is 66.1 Å². The first-order chi connectivity index (χ1) is 12.8. The molecule has 0 radical (unpaired) electrons. The smallest absolute Gasteiger partial charge is 0.251 e. The van der Waals surface area contributed by atoms with Crippen LogP contribution in [0.4, 0.5) is 0 Å². The number of nitrogens with zero attached hydrogens (tertiary/aromatic N) is 2. The molecule has 0 bridgehead atoms. The maximum absolute atomic E-state index is 12.4. The Morgan fingerprint density at radius 1 is 1.19 bits per heavy atom. The summed E-state index contributed by atoms with van der Waals surface area (Å²) in [6, 6.07) is 14.1. The van der Waals surface area contributed by atoms with Crippen LogP contribution >= 0.6 is 11.8 Å². The third kappa shape index (κ3) is 4.08. The van der Waals surface area contributed by atoms with Gasteiger partial charge in [0.05, 0.1) is 5.69 Å². The summed E-state index contributed by atoms with van der Waals surface area (Å²) < 4.78 is 2.03. The molecule has 4 rings (SSSR count). The van der Waals surface area contributed by atoms with Gasteiger partial charge in [-0.2, -0.15) is 0 Å². The number of thioether (sulfide) groups is 1. The van der Waals surface area contributed by atoms with Gasteiger partial charge in [0.2, 0.25) is 0 Å². The molecule has 134 valence electrons. The van der Waals surface area contributed by atoms with Gasteiger partial charge >= 0.3 is 0 Å². The minimum Gasteiger partial charge on any atom is -0.349 e. The third-order valence-corrected chi connectivity index (χ3v) is 5.64. The lowest BCUT2D eigenvalue weighted by Gasteiger charge is -2.23. The van der Waals surface area contributed by atoms with Crippen molar-refractivity contribution in [2.45, 2.75) is 29.5 Å². The number of nitrogens with one attached hydrogen (secondary N) is 2. The summed E-state index contributed by atoms with van der Waals surface area (Å²) in [7, 11) is 0. The van der Waals surface area contributed by atoms with Crippen molar-refractivity contribution < 1.29 is 4.79 Å². The number of benzene rings is 1. The maximum Gasteiger partial charge on any atom is 0.251 e. The van der Waals surface area contributed by atoms with Crippen LogP contribution in [0.15, 0.2) is 59.8 Å². The van der Waals surface area contributed by atoms with Gasteiger partial charge in [0.1, 0.15) is 5.65 Å². The monoisotopic (exact) mass is 366 g/mol. The number of imidazole rings is 1. The second kappa shape index (κ2) is 7.93. The van der Waals surface area contributed by atoms with Crippen molar-refractivity contribution in [3.8, 4) is 0 Å². The van der Waals surface area contributed by atoms with Gasteiger partial charge < -0.3 is 15.0 Å². The lowest BCUT2D eigenvalue weighted by Crippen LogP contribution is -2.42. The molecule has 3 aromatic rings. The molecule has 0 unspecified atom stereocenters. The van der Waals surface area contributed by atoms with Gasteiger partial charge in [0.15, 0.2) is 0 Å². The number of fused-ring (bicyclic) bond motifs is 1. The van der Waals surface area contributed by atoms with Crippen LogP contribution in [0, 0.1) is 0 Å². The summed E-state index contributed by atoms with van der Waals surface area (Å²) >= 11 is 1.73. The molecular weight excluding hydrogens is 344 g/mol. The molecular formula is C20H22N4OS. The summed E-state index contributed by atoms with van der Waals surface area (Å²) in [4.78, 5) is 18.1. The first kappa shape index (κ1) is 17.1. The van der Waals surface area contributed by atoms with Crippen molar-refractivity contribution in [1.29, 1.82) is 0 Å². The van der Waals surface area contributed by atoms with Crippen LogP contribution in [0.5, 0.6) is 0 Å². The Hall–Kier alpha value is -2.31. The van der Waals surface area contributed by atoms with Crippen LogP contribution in [0.3, 0.4) is 0 Å². The third-order valence-electron chi connectivity index (χ3n) is 4.59. The fourth-order valence-electron chi connectivity index (χ4n) is 3.15. The number of amides is 1. The van der Waals surface area contributed by atoms with E-state index in [0.717, 1.165) is 53.5 Å². The van der Waals surface area contributed by atoms with Crippen LogP contribution in [0.2, 0.25) is 0 Å². The molecule has 2 aromatic heterocycles. The van der Waals surface area contributed by atoms with Gasteiger partial charge in [0.25, 0.3) is 5.91 Å². The van der Waals surface area contributed by atoms with Gasteiger partial charge in [-0.15, -0.1) is 11.8 Å². The van der Waals surface area contributed by atoms with E-state index in [1.54, 1.807) is 11.8 Å². The number of pyridine rings is 1. The van der Waals surface area contributed by atoms with E-state index in [0.29, 0.717) is 0 Å². The quantitative estimate of drug-likeness (QED) is 0.681. The van der Waals surface area contributed by atoms with Crippen molar-refractivity contribution in [3.63, 3.8) is 0 Å². The molecule has 6 heteroatoms. The van der Waals surface area contributed by atoms with Crippen LogP contribution in [-0.2, 0) is 5.75 Å². The molecule has 1 aromatic carbocycles. The Morgan fingerprint density at radius 3 is 2.77 bits per heavy atom. The van der Waals surface area contributed by atoms with Crippen molar-refractivity contribution in [1.82, 2.24) is 20.0 Å². The molecule has 0 spiro atoms. The van der Waals surface area contributed by atoms with E-state index in [1.807, 2.05) is 53.1 Å². The Labute approximate surface area is 157 Å². The van der Waals surface area contributed by atoms with Crippen LogP contribution in [0.1, 0.15) is 28.9 Å². The topological polar surface area (TPSA) is 58.4 Å². The Kier molecular flexibility index (Phi) is 5.22. The van der Waals surface area contributed by atoms with Gasteiger partial charge in [-0.3, -0.25) is 4.79 Å². The number of hydrogen-bond donors (Lipinski definition) is 2. The fraction of sp³-hybridized carbons (Fsp3) is 0.300. The van der Waals surface area contributed by atoms with Crippen LogP contribution < -0.4 is 10.6 Å². The molecule has 1 amide bonds. The molecule has 1 saturated heterocycles. The second-order valence-corrected chi connectivity index (χ2v) is 7.56. The second-order valence-electron chi connectivity index (χ2n) is 6.51. The zero-order valence-corrected chi connectivity index (χ0v) is 15.3. The highest BCUT2D eigenvalue weighted by atomic mass is 32.2. The highest BCUT2D eigenvalue weighted by molar-refractivity contribution is 7.98. The standard InChI is InChI=1S/C20H22N4OS/c25-20(23-16-8-10-21-11-9-16)15-4-6-18(7-5-15)26-14-17-13-24-12-2-1-3-19(24)22-17/h1-7,12-13,16,21H,8-11,14H2,(H,23,25). The average Bonchev–Trinajstić information content (AvgIpc) is 3.10. The van der Waals surface area contributed by atoms with Gasteiger partial charge in [-0.05, 0) is 62.3 Å². The number of hydrogen-bond acceptors (Lipinski definition) is 4. The van der Waals surface area contributed by atoms with E-state index < -0.39 is 0 Å². The average molecular weight is 366 g/mol. The Bertz CT molecular complexity index is 851. The maximum atomic E-state index is 12.4. The molecule has 3 heterocycles. The molecule has 0 atom stereocenters. The molecule has 0 aliphatic carbocycles. The van der Waals surface area contributed by atoms with E-state index in [9.17, 15) is 4.79 Å². The Balaban J connectivity index is 1.34. The zero-order valence-electron chi connectivity index (χ0n) is 14.5. The van der Waals surface area contributed by atoms with Crippen molar-refractivity contribution in [2.75, 3.05) is 13.1 Å². The van der Waals surface area contributed by atoms with E-state index in [2.05, 4.69) is 21.8 Å². The lowest BCUT2D eigenvalue weighted by atomic mass is 10.1. The zero-order chi connectivity index (χ0) is 17.8. The highest BCUT2D eigenvalue weighted by Crippen LogP contribution is 2.23. The molecule has 5 nitrogen and oxygen atoms in total. The van der Waals surface area contributed by atoms with Gasteiger partial charge in [0, 0.05) is 34.6 Å². The molecule has 0 saturated carbocycles. The SMILES string of the molecule is O=C(NC1CCNCC1)c1ccc(SCc2cn3ccccc3n2)cc1. The van der Waals surface area contributed by atoms with Crippen molar-refractivity contribution in [2.24, 2.45) is 0 Å². The first-order valence-electron chi connectivity index (χ1n) is 8.95. The number of carbonyl (C=O) groups excluding carboxylic acids is 1. The number of rotatable bonds is 5. The predicted octanol–water partition coefficient (Wildman–Crippen LogP) is 3.11. The Morgan fingerprint density at radius 2 is 2.00 bits per heavy atom. The van der Waals surface area contributed by atoms with Crippen LogP contribution in [-0.4, -0.2) is 34.4 Å². The summed E-state index contributed by atoms with van der Waals surface area (Å²) in [5.41, 5.74) is 2.74. The number of piperidine rings is 1. The van der Waals surface area contributed by atoms with E-state index in [1.165, 1.54) is 0 Å². The molecule has 2 N–H and O–H groups in total. The van der Waals surface area contributed by atoms with E-state index in [4.69, 9.17) is 0 Å². The lowest BCUT2D eigenvalue weighted by molar-refractivity contribution is 0.0929. The molecule has 1 fully saturated rings. The van der Waals surface area contributed by atoms with Gasteiger partial charge in [-0.25, -0.2) is 4.98 Å². The minimum absolute atomic E-state index is 0.0220. The summed E-state index contributed by atoms with van der Waals surface area (Å²) in [6.07, 6.45) is 6.06. The summed E-state index contributed by atoms with van der Waals surface area (Å²) in [5, 5.41) is 6.44. The fourth-order valence-corrected chi connectivity index (χ4v) is 3.93. The molecule has 1 aliphatic rings. The number of carbonyl (C=O) groups is 1. The number of aromatic nitrogens is 2. The van der Waals surface area contributed by atoms with Gasteiger partial charge in [-0.1, -0.05) is 6.07 Å². The van der Waals surface area contributed by atoms with E-state index >= 15 is 0 Å². The summed E-state index contributed by atoms with van der Waals surface area (Å²) in [6.45, 7) is 1.95. The molecule has 1 aliphatic heterocycles. The largest absolute Gasteiger partial charge is 0.349 e.